The standard InChI is InChI=1S/C11H10N2O3S2/c1-7-11(13(14)15)9(16-12-7)5-3-8-4-6-10(17-2)18-8/h3-6H,1-2H3. The molecule has 2 aromatic heterocycles. The van der Waals surface area contributed by atoms with E-state index in [2.05, 4.69) is 5.16 Å². The Morgan fingerprint density at radius 3 is 2.89 bits per heavy atom. The molecule has 0 atom stereocenters. The van der Waals surface area contributed by atoms with Crippen LogP contribution in [0.4, 0.5) is 5.69 Å². The van der Waals surface area contributed by atoms with Gasteiger partial charge in [-0.15, -0.1) is 23.1 Å². The SMILES string of the molecule is CSc1ccc(C=Cc2onc(C)c2[N+](=O)[O-])s1. The molecule has 0 aliphatic heterocycles. The molecule has 0 bridgehead atoms. The third-order valence-electron chi connectivity index (χ3n) is 2.24. The molecule has 0 unspecified atom stereocenters. The Hall–Kier alpha value is -1.60. The van der Waals surface area contributed by atoms with E-state index in [4.69, 9.17) is 4.52 Å². The number of rotatable bonds is 4. The summed E-state index contributed by atoms with van der Waals surface area (Å²) in [4.78, 5) is 11.4. The maximum atomic E-state index is 10.8. The first-order chi connectivity index (χ1) is 8.61. The monoisotopic (exact) mass is 282 g/mol. The highest BCUT2D eigenvalue weighted by Gasteiger charge is 2.21. The average molecular weight is 282 g/mol. The summed E-state index contributed by atoms with van der Waals surface area (Å²) in [5.74, 6) is 0.177. The Morgan fingerprint density at radius 1 is 1.50 bits per heavy atom. The second kappa shape index (κ2) is 5.36. The molecule has 0 amide bonds. The van der Waals surface area contributed by atoms with Crippen LogP contribution in [-0.2, 0) is 0 Å². The van der Waals surface area contributed by atoms with E-state index in [-0.39, 0.29) is 17.1 Å². The van der Waals surface area contributed by atoms with Crippen molar-refractivity contribution in [3.8, 4) is 0 Å². The van der Waals surface area contributed by atoms with E-state index < -0.39 is 4.92 Å². The molecule has 0 aliphatic rings. The predicted octanol–water partition coefficient (Wildman–Crippen LogP) is 3.85. The summed E-state index contributed by atoms with van der Waals surface area (Å²) in [7, 11) is 0. The summed E-state index contributed by atoms with van der Waals surface area (Å²) in [6.07, 6.45) is 5.37. The normalized spacial score (nSPS) is 11.2. The number of aromatic nitrogens is 1. The van der Waals surface area contributed by atoms with E-state index in [0.717, 1.165) is 4.88 Å². The van der Waals surface area contributed by atoms with Gasteiger partial charge in [0.1, 0.15) is 0 Å². The number of aryl methyl sites for hydroxylation is 1. The van der Waals surface area contributed by atoms with Crippen molar-refractivity contribution < 1.29 is 9.45 Å². The topological polar surface area (TPSA) is 69.2 Å². The zero-order chi connectivity index (χ0) is 13.1. The van der Waals surface area contributed by atoms with Gasteiger partial charge >= 0.3 is 5.69 Å². The molecule has 0 spiro atoms. The van der Waals surface area contributed by atoms with Crippen molar-refractivity contribution in [2.24, 2.45) is 0 Å². The summed E-state index contributed by atoms with van der Waals surface area (Å²) < 4.78 is 6.13. The van der Waals surface area contributed by atoms with Crippen molar-refractivity contribution in [3.63, 3.8) is 0 Å². The van der Waals surface area contributed by atoms with Gasteiger partial charge in [-0.05, 0) is 37.5 Å². The Bertz CT molecular complexity index is 601. The largest absolute Gasteiger partial charge is 0.349 e. The third kappa shape index (κ3) is 2.62. The van der Waals surface area contributed by atoms with Crippen LogP contribution in [0.25, 0.3) is 12.2 Å². The number of thiophene rings is 1. The van der Waals surface area contributed by atoms with Crippen LogP contribution in [0, 0.1) is 17.0 Å². The van der Waals surface area contributed by atoms with Crippen LogP contribution in [0.15, 0.2) is 20.9 Å². The zero-order valence-corrected chi connectivity index (χ0v) is 11.4. The van der Waals surface area contributed by atoms with Crippen molar-refractivity contribution in [2.75, 3.05) is 6.26 Å². The Balaban J connectivity index is 2.26. The Morgan fingerprint density at radius 2 is 2.28 bits per heavy atom. The first-order valence-corrected chi connectivity index (χ1v) is 7.08. The predicted molar refractivity (Wildman–Crippen MR) is 72.9 cm³/mol. The molecule has 0 aliphatic carbocycles. The summed E-state index contributed by atoms with van der Waals surface area (Å²) >= 11 is 3.28. The van der Waals surface area contributed by atoms with E-state index >= 15 is 0 Å². The van der Waals surface area contributed by atoms with Crippen molar-refractivity contribution in [1.29, 1.82) is 0 Å². The van der Waals surface area contributed by atoms with Crippen LogP contribution in [0.5, 0.6) is 0 Å². The Labute approximate surface area is 112 Å². The average Bonchev–Trinajstić information content (AvgIpc) is 2.92. The maximum Gasteiger partial charge on any atom is 0.338 e. The van der Waals surface area contributed by atoms with E-state index in [1.165, 1.54) is 4.21 Å². The summed E-state index contributed by atoms with van der Waals surface area (Å²) in [5, 5.41) is 14.4. The molecule has 0 fully saturated rings. The molecule has 5 nitrogen and oxygen atoms in total. The molecule has 0 saturated carbocycles. The van der Waals surface area contributed by atoms with E-state index in [1.807, 2.05) is 18.4 Å². The Kier molecular flexibility index (Phi) is 3.83. The molecule has 0 radical (unpaired) electrons. The minimum Gasteiger partial charge on any atom is -0.349 e. The lowest BCUT2D eigenvalue weighted by atomic mass is 10.3. The lowest BCUT2D eigenvalue weighted by Crippen LogP contribution is -1.89. The van der Waals surface area contributed by atoms with Crippen molar-refractivity contribution in [1.82, 2.24) is 5.16 Å². The minimum absolute atomic E-state index is 0.0760. The zero-order valence-electron chi connectivity index (χ0n) is 9.75. The van der Waals surface area contributed by atoms with Gasteiger partial charge in [0.25, 0.3) is 0 Å². The molecule has 7 heteroatoms. The summed E-state index contributed by atoms with van der Waals surface area (Å²) in [5.41, 5.74) is 0.212. The van der Waals surface area contributed by atoms with Crippen LogP contribution in [0.2, 0.25) is 0 Å². The second-order valence-electron chi connectivity index (χ2n) is 3.43. The summed E-state index contributed by atoms with van der Waals surface area (Å²) in [6, 6.07) is 3.97. The van der Waals surface area contributed by atoms with Gasteiger partial charge in [0.2, 0.25) is 5.76 Å². The molecule has 2 rings (SSSR count). The second-order valence-corrected chi connectivity index (χ2v) is 5.65. The van der Waals surface area contributed by atoms with Crippen molar-refractivity contribution in [2.45, 2.75) is 11.1 Å². The lowest BCUT2D eigenvalue weighted by Gasteiger charge is -1.87. The van der Waals surface area contributed by atoms with Gasteiger partial charge in [0.15, 0.2) is 5.69 Å². The fourth-order valence-electron chi connectivity index (χ4n) is 1.41. The number of thioether (sulfide) groups is 1. The highest BCUT2D eigenvalue weighted by molar-refractivity contribution is 8.00. The van der Waals surface area contributed by atoms with Gasteiger partial charge in [-0.1, -0.05) is 5.16 Å². The quantitative estimate of drug-likeness (QED) is 0.484. The number of hydrogen-bond acceptors (Lipinski definition) is 6. The highest BCUT2D eigenvalue weighted by Crippen LogP contribution is 2.28. The molecular formula is C11H10N2O3S2. The molecule has 2 heterocycles. The van der Waals surface area contributed by atoms with Crippen LogP contribution in [0.1, 0.15) is 16.3 Å². The van der Waals surface area contributed by atoms with Crippen molar-refractivity contribution >= 4 is 40.9 Å². The van der Waals surface area contributed by atoms with Gasteiger partial charge < -0.3 is 4.52 Å². The number of nitro groups is 1. The maximum absolute atomic E-state index is 10.8. The number of nitrogens with zero attached hydrogens (tertiary/aromatic N) is 2. The van der Waals surface area contributed by atoms with Gasteiger partial charge in [-0.2, -0.15) is 0 Å². The van der Waals surface area contributed by atoms with Crippen LogP contribution < -0.4 is 0 Å². The first-order valence-electron chi connectivity index (χ1n) is 5.04. The van der Waals surface area contributed by atoms with Gasteiger partial charge in [0.05, 0.1) is 9.13 Å². The van der Waals surface area contributed by atoms with Crippen LogP contribution in [0.3, 0.4) is 0 Å². The minimum atomic E-state index is -0.479. The summed E-state index contributed by atoms with van der Waals surface area (Å²) in [6.45, 7) is 1.55. The lowest BCUT2D eigenvalue weighted by molar-refractivity contribution is -0.386. The van der Waals surface area contributed by atoms with Crippen LogP contribution >= 0.6 is 23.1 Å². The molecule has 0 aromatic carbocycles. The van der Waals surface area contributed by atoms with Gasteiger partial charge in [0, 0.05) is 4.88 Å². The van der Waals surface area contributed by atoms with E-state index in [9.17, 15) is 10.1 Å². The fourth-order valence-corrected chi connectivity index (χ4v) is 2.87. The molecule has 94 valence electrons. The molecule has 0 N–H and O–H groups in total. The fraction of sp³-hybridized carbons (Fsp3) is 0.182. The van der Waals surface area contributed by atoms with Crippen LogP contribution in [-0.4, -0.2) is 16.3 Å². The van der Waals surface area contributed by atoms with E-state index in [1.54, 1.807) is 42.2 Å². The first kappa shape index (κ1) is 12.8. The molecule has 0 saturated heterocycles. The number of hydrogen-bond donors (Lipinski definition) is 0. The third-order valence-corrected chi connectivity index (χ3v) is 4.38. The van der Waals surface area contributed by atoms with E-state index in [0.29, 0.717) is 0 Å². The molecule has 2 aromatic rings. The smallest absolute Gasteiger partial charge is 0.338 e. The highest BCUT2D eigenvalue weighted by atomic mass is 32.2. The van der Waals surface area contributed by atoms with Gasteiger partial charge in [-0.3, -0.25) is 10.1 Å². The molecular weight excluding hydrogens is 272 g/mol. The molecule has 18 heavy (non-hydrogen) atoms. The van der Waals surface area contributed by atoms with Gasteiger partial charge in [-0.25, -0.2) is 0 Å². The van der Waals surface area contributed by atoms with Crippen molar-refractivity contribution in [3.05, 3.63) is 38.6 Å².